The number of esters is 1. The van der Waals surface area contributed by atoms with Gasteiger partial charge >= 0.3 is 5.97 Å². The lowest BCUT2D eigenvalue weighted by Gasteiger charge is -2.17. The lowest BCUT2D eigenvalue weighted by Crippen LogP contribution is -2.17. The lowest BCUT2D eigenvalue weighted by atomic mass is 9.91. The molecule has 0 saturated heterocycles. The van der Waals surface area contributed by atoms with Crippen molar-refractivity contribution < 1.29 is 9.53 Å². The lowest BCUT2D eigenvalue weighted by molar-refractivity contribution is -0.147. The van der Waals surface area contributed by atoms with Crippen molar-refractivity contribution in [3.8, 4) is 0 Å². The number of carbonyl (C=O) groups excluding carboxylic acids is 1. The van der Waals surface area contributed by atoms with Gasteiger partial charge in [0.25, 0.3) is 0 Å². The van der Waals surface area contributed by atoms with Crippen molar-refractivity contribution in [2.24, 2.45) is 23.2 Å². The molecule has 2 aliphatic rings. The molecule has 0 N–H and O–H groups in total. The molecule has 0 bridgehead atoms. The van der Waals surface area contributed by atoms with Crippen LogP contribution < -0.4 is 0 Å². The summed E-state index contributed by atoms with van der Waals surface area (Å²) >= 11 is 0. The van der Waals surface area contributed by atoms with Gasteiger partial charge in [-0.2, -0.15) is 0 Å². The zero-order valence-electron chi connectivity index (χ0n) is 12.6. The zero-order valence-corrected chi connectivity index (χ0v) is 12.6. The van der Waals surface area contributed by atoms with Crippen LogP contribution in [0, 0.1) is 23.2 Å². The van der Waals surface area contributed by atoms with E-state index in [0.717, 1.165) is 12.8 Å². The van der Waals surface area contributed by atoms with E-state index in [2.05, 4.69) is 51.1 Å². The molecule has 1 aromatic rings. The second kappa shape index (κ2) is 4.91. The minimum absolute atomic E-state index is 0.0245. The van der Waals surface area contributed by atoms with Crippen LogP contribution in [-0.4, -0.2) is 12.6 Å². The largest absolute Gasteiger partial charge is 0.465 e. The number of hydrogen-bond donors (Lipinski definition) is 0. The van der Waals surface area contributed by atoms with Gasteiger partial charge in [-0.3, -0.25) is 4.79 Å². The maximum Gasteiger partial charge on any atom is 0.308 e. The minimum atomic E-state index is 0.0245. The maximum atomic E-state index is 11.7. The van der Waals surface area contributed by atoms with Crippen LogP contribution in [0.25, 0.3) is 0 Å². The van der Waals surface area contributed by atoms with E-state index in [4.69, 9.17) is 4.74 Å². The van der Waals surface area contributed by atoms with Crippen molar-refractivity contribution in [1.82, 2.24) is 0 Å². The highest BCUT2D eigenvalue weighted by molar-refractivity contribution is 5.74. The Balaban J connectivity index is 1.62. The van der Waals surface area contributed by atoms with E-state index >= 15 is 0 Å². The zero-order chi connectivity index (χ0) is 14.3. The Hall–Kier alpha value is -1.31. The molecule has 0 amide bonds. The van der Waals surface area contributed by atoms with Crippen molar-refractivity contribution in [1.29, 1.82) is 0 Å². The molecule has 0 spiro atoms. The normalized spacial score (nSPS) is 33.5. The van der Waals surface area contributed by atoms with Gasteiger partial charge in [0.1, 0.15) is 0 Å². The minimum Gasteiger partial charge on any atom is -0.465 e. The third-order valence-corrected chi connectivity index (χ3v) is 5.53. The van der Waals surface area contributed by atoms with Crippen LogP contribution in [-0.2, 0) is 9.53 Å². The quantitative estimate of drug-likeness (QED) is 0.757. The van der Waals surface area contributed by atoms with Gasteiger partial charge < -0.3 is 4.74 Å². The molecule has 3 rings (SSSR count). The highest BCUT2D eigenvalue weighted by Crippen LogP contribution is 2.64. The van der Waals surface area contributed by atoms with Crippen LogP contribution in [0.5, 0.6) is 0 Å². The molecule has 2 nitrogen and oxygen atoms in total. The monoisotopic (exact) mass is 272 g/mol. The van der Waals surface area contributed by atoms with Crippen LogP contribution in [0.1, 0.15) is 45.1 Å². The summed E-state index contributed by atoms with van der Waals surface area (Å²) in [7, 11) is 0. The number of rotatable bonds is 5. The molecule has 4 atom stereocenters. The fraction of sp³-hybridized carbons (Fsp3) is 0.611. The summed E-state index contributed by atoms with van der Waals surface area (Å²) in [6.07, 6.45) is 2.05. The average Bonchev–Trinajstić information content (AvgIpc) is 3.36. The Labute approximate surface area is 121 Å². The van der Waals surface area contributed by atoms with Gasteiger partial charge in [0.15, 0.2) is 0 Å². The molecule has 2 heteroatoms. The van der Waals surface area contributed by atoms with Gasteiger partial charge in [0.2, 0.25) is 0 Å². The summed E-state index contributed by atoms with van der Waals surface area (Å²) in [5.74, 6) is 1.98. The Morgan fingerprint density at radius 1 is 1.35 bits per heavy atom. The average molecular weight is 272 g/mol. The first-order chi connectivity index (χ1) is 9.54. The Morgan fingerprint density at radius 2 is 2.00 bits per heavy atom. The van der Waals surface area contributed by atoms with E-state index in [9.17, 15) is 4.79 Å². The van der Waals surface area contributed by atoms with E-state index in [-0.39, 0.29) is 17.3 Å². The summed E-state index contributed by atoms with van der Waals surface area (Å²) in [5.41, 5.74) is 1.54. The van der Waals surface area contributed by atoms with Crippen molar-refractivity contribution in [2.75, 3.05) is 6.61 Å². The van der Waals surface area contributed by atoms with E-state index in [1.54, 1.807) is 0 Å². The second-order valence-corrected chi connectivity index (χ2v) is 6.90. The molecular formula is C18H24O2. The van der Waals surface area contributed by atoms with E-state index < -0.39 is 0 Å². The molecular weight excluding hydrogens is 248 g/mol. The van der Waals surface area contributed by atoms with E-state index in [1.165, 1.54) is 5.56 Å². The highest BCUT2D eigenvalue weighted by Gasteiger charge is 2.61. The van der Waals surface area contributed by atoms with Crippen LogP contribution in [0.2, 0.25) is 0 Å². The molecule has 2 saturated carbocycles. The first kappa shape index (κ1) is 13.7. The van der Waals surface area contributed by atoms with Crippen molar-refractivity contribution >= 4 is 5.97 Å². The molecule has 1 aromatic carbocycles. The summed E-state index contributed by atoms with van der Waals surface area (Å²) < 4.78 is 5.54. The molecule has 20 heavy (non-hydrogen) atoms. The molecule has 2 fully saturated rings. The highest BCUT2D eigenvalue weighted by atomic mass is 16.5. The summed E-state index contributed by atoms with van der Waals surface area (Å²) in [5, 5.41) is 0. The summed E-state index contributed by atoms with van der Waals surface area (Å²) in [6, 6.07) is 10.7. The smallest absolute Gasteiger partial charge is 0.308 e. The molecule has 0 aromatic heterocycles. The van der Waals surface area contributed by atoms with Crippen molar-refractivity contribution in [3.05, 3.63) is 35.9 Å². The number of ether oxygens (including phenoxy) is 1. The molecule has 2 aliphatic carbocycles. The van der Waals surface area contributed by atoms with Gasteiger partial charge in [-0.1, -0.05) is 51.1 Å². The van der Waals surface area contributed by atoms with Crippen LogP contribution in [0.15, 0.2) is 30.3 Å². The van der Waals surface area contributed by atoms with Crippen molar-refractivity contribution in [2.45, 2.75) is 39.5 Å². The molecule has 0 heterocycles. The fourth-order valence-electron chi connectivity index (χ4n) is 3.70. The van der Waals surface area contributed by atoms with Crippen LogP contribution in [0.4, 0.5) is 0 Å². The van der Waals surface area contributed by atoms with Gasteiger partial charge in [0.05, 0.1) is 12.5 Å². The van der Waals surface area contributed by atoms with E-state index in [1.807, 2.05) is 0 Å². The standard InChI is InChI=1S/C18H24O2/c1-12(14-7-5-4-6-8-14)16-13(2)18(16,3)11-20-17(19)15-9-10-15/h4-8,12-13,15-16H,9-11H2,1-3H3/t12-,13?,16?,18+/m0/s1. The van der Waals surface area contributed by atoms with Crippen molar-refractivity contribution in [3.63, 3.8) is 0 Å². The first-order valence-corrected chi connectivity index (χ1v) is 7.75. The fourth-order valence-corrected chi connectivity index (χ4v) is 3.70. The Bertz CT molecular complexity index is 491. The van der Waals surface area contributed by atoms with Gasteiger partial charge in [0, 0.05) is 5.41 Å². The van der Waals surface area contributed by atoms with Gasteiger partial charge in [-0.15, -0.1) is 0 Å². The van der Waals surface area contributed by atoms with Crippen LogP contribution >= 0.6 is 0 Å². The SMILES string of the molecule is CC1C([C@@H](C)c2ccccc2)[C@]1(C)COC(=O)C1CC1. The van der Waals surface area contributed by atoms with Gasteiger partial charge in [-0.25, -0.2) is 0 Å². The number of benzene rings is 1. The molecule has 2 unspecified atom stereocenters. The predicted molar refractivity (Wildman–Crippen MR) is 79.3 cm³/mol. The van der Waals surface area contributed by atoms with Crippen LogP contribution in [0.3, 0.4) is 0 Å². The number of hydrogen-bond acceptors (Lipinski definition) is 2. The first-order valence-electron chi connectivity index (χ1n) is 7.75. The Kier molecular flexibility index (Phi) is 3.35. The summed E-state index contributed by atoms with van der Waals surface area (Å²) in [4.78, 5) is 11.7. The Morgan fingerprint density at radius 3 is 2.60 bits per heavy atom. The number of carbonyl (C=O) groups is 1. The third-order valence-electron chi connectivity index (χ3n) is 5.53. The van der Waals surface area contributed by atoms with E-state index in [0.29, 0.717) is 24.4 Å². The maximum absolute atomic E-state index is 11.7. The predicted octanol–water partition coefficient (Wildman–Crippen LogP) is 4.02. The molecule has 0 radical (unpaired) electrons. The third kappa shape index (κ3) is 2.36. The topological polar surface area (TPSA) is 26.3 Å². The molecule has 108 valence electrons. The summed E-state index contributed by atoms with van der Waals surface area (Å²) in [6.45, 7) is 7.44. The second-order valence-electron chi connectivity index (χ2n) is 6.90. The van der Waals surface area contributed by atoms with Gasteiger partial charge in [-0.05, 0) is 36.2 Å². The molecule has 0 aliphatic heterocycles.